The number of aliphatic hydroxyl groups is 1. The molecule has 4 atom stereocenters. The summed E-state index contributed by atoms with van der Waals surface area (Å²) in [6, 6.07) is 4.68. The summed E-state index contributed by atoms with van der Waals surface area (Å²) in [5.74, 6) is 0.0373. The number of carbonyl (C=O) groups excluding carboxylic acids is 2. The zero-order valence-electron chi connectivity index (χ0n) is 16.8. The Labute approximate surface area is 184 Å². The van der Waals surface area contributed by atoms with Crippen molar-refractivity contribution >= 4 is 23.4 Å². The molecule has 1 unspecified atom stereocenters. The van der Waals surface area contributed by atoms with Crippen molar-refractivity contribution in [1.29, 1.82) is 0 Å². The predicted molar refractivity (Wildman–Crippen MR) is 111 cm³/mol. The fraction of sp³-hybridized carbons (Fsp3) is 0.476. The van der Waals surface area contributed by atoms with Crippen LogP contribution in [0.25, 0.3) is 5.69 Å². The van der Waals surface area contributed by atoms with Gasteiger partial charge in [0.15, 0.2) is 6.10 Å². The zero-order chi connectivity index (χ0) is 21.7. The molecule has 2 N–H and O–H groups in total. The van der Waals surface area contributed by atoms with Crippen LogP contribution in [0.2, 0.25) is 5.02 Å². The monoisotopic (exact) mass is 442 g/mol. The molecule has 0 spiro atoms. The largest absolute Gasteiger partial charge is 0.379 e. The molecule has 1 aliphatic heterocycles. The highest BCUT2D eigenvalue weighted by atomic mass is 35.5. The standard InChI is InChI=1S/C21H23ClN6O3/c1-11(12-2-3-12)19(29)21(31)27-9-14-7-16(14)18(27)20(30)23-8-13-6-15(22)4-5-17(13)28-10-24-25-26-28/h4-6,10,12,14,16,18-19,29H,1-3,7-9H2,(H,23,30)/t14-,16-,18+,19?/m1/s1. The van der Waals surface area contributed by atoms with Crippen molar-refractivity contribution in [2.24, 2.45) is 17.8 Å². The van der Waals surface area contributed by atoms with Gasteiger partial charge in [-0.2, -0.15) is 0 Å². The summed E-state index contributed by atoms with van der Waals surface area (Å²) in [7, 11) is 0. The highest BCUT2D eigenvalue weighted by Gasteiger charge is 2.57. The van der Waals surface area contributed by atoms with E-state index in [2.05, 4.69) is 27.4 Å². The lowest BCUT2D eigenvalue weighted by molar-refractivity contribution is -0.145. The van der Waals surface area contributed by atoms with Crippen LogP contribution < -0.4 is 5.32 Å². The van der Waals surface area contributed by atoms with Crippen molar-refractivity contribution < 1.29 is 14.7 Å². The minimum Gasteiger partial charge on any atom is -0.379 e. The molecule has 0 radical (unpaired) electrons. The first-order chi connectivity index (χ1) is 14.9. The smallest absolute Gasteiger partial charge is 0.256 e. The highest BCUT2D eigenvalue weighted by Crippen LogP contribution is 2.50. The molecule has 3 fully saturated rings. The number of hydrogen-bond donors (Lipinski definition) is 2. The molecule has 2 aromatic rings. The minimum atomic E-state index is -1.24. The molecular weight excluding hydrogens is 420 g/mol. The second-order valence-electron chi connectivity index (χ2n) is 8.59. The molecule has 1 saturated heterocycles. The van der Waals surface area contributed by atoms with Gasteiger partial charge in [0.2, 0.25) is 5.91 Å². The van der Waals surface area contributed by atoms with E-state index >= 15 is 0 Å². The number of piperidine rings is 1. The molecular formula is C21H23ClN6O3. The number of benzene rings is 1. The molecule has 2 aliphatic carbocycles. The second-order valence-corrected chi connectivity index (χ2v) is 9.03. The van der Waals surface area contributed by atoms with Crippen molar-refractivity contribution in [1.82, 2.24) is 30.4 Å². The van der Waals surface area contributed by atoms with Crippen LogP contribution in [0, 0.1) is 17.8 Å². The van der Waals surface area contributed by atoms with Crippen molar-refractivity contribution in [3.63, 3.8) is 0 Å². The van der Waals surface area contributed by atoms with Crippen LogP contribution in [-0.2, 0) is 16.1 Å². The number of hydrogen-bond acceptors (Lipinski definition) is 6. The van der Waals surface area contributed by atoms with Gasteiger partial charge in [-0.15, -0.1) is 5.10 Å². The van der Waals surface area contributed by atoms with E-state index in [1.165, 1.54) is 15.9 Å². The third-order valence-corrected chi connectivity index (χ3v) is 6.71. The SMILES string of the molecule is C=C(C1CC1)C(O)C(=O)N1C[C@H]2C[C@H]2[C@H]1C(=O)NCc1cc(Cl)ccc1-n1cnnn1. The van der Waals surface area contributed by atoms with Crippen LogP contribution in [0.15, 0.2) is 36.7 Å². The predicted octanol–water partition coefficient (Wildman–Crippen LogP) is 1.11. The molecule has 2 saturated carbocycles. The van der Waals surface area contributed by atoms with Crippen molar-refractivity contribution in [2.75, 3.05) is 6.54 Å². The van der Waals surface area contributed by atoms with Gasteiger partial charge in [-0.25, -0.2) is 4.68 Å². The van der Waals surface area contributed by atoms with Crippen LogP contribution in [0.4, 0.5) is 0 Å². The third-order valence-electron chi connectivity index (χ3n) is 6.48. The fourth-order valence-corrected chi connectivity index (χ4v) is 4.69. The van der Waals surface area contributed by atoms with Crippen LogP contribution in [0.3, 0.4) is 0 Å². The molecule has 162 valence electrons. The summed E-state index contributed by atoms with van der Waals surface area (Å²) in [5.41, 5.74) is 2.02. The highest BCUT2D eigenvalue weighted by molar-refractivity contribution is 6.30. The molecule has 3 aliphatic rings. The number of fused-ring (bicyclic) bond motifs is 1. The molecule has 0 bridgehead atoms. The van der Waals surface area contributed by atoms with Gasteiger partial charge in [0.25, 0.3) is 5.91 Å². The van der Waals surface area contributed by atoms with Crippen LogP contribution in [-0.4, -0.2) is 60.7 Å². The van der Waals surface area contributed by atoms with Crippen LogP contribution >= 0.6 is 11.6 Å². The Hall–Kier alpha value is -2.78. The van der Waals surface area contributed by atoms with Crippen molar-refractivity contribution in [3.05, 3.63) is 47.3 Å². The first-order valence-electron chi connectivity index (χ1n) is 10.4. The van der Waals surface area contributed by atoms with E-state index in [1.54, 1.807) is 18.2 Å². The number of nitrogens with one attached hydrogen (secondary N) is 1. The minimum absolute atomic E-state index is 0.142. The Bertz CT molecular complexity index is 1040. The van der Waals surface area contributed by atoms with E-state index in [0.29, 0.717) is 28.7 Å². The quantitative estimate of drug-likeness (QED) is 0.621. The van der Waals surface area contributed by atoms with E-state index in [-0.39, 0.29) is 24.3 Å². The Morgan fingerprint density at radius 3 is 2.87 bits per heavy atom. The number of carbonyl (C=O) groups is 2. The van der Waals surface area contributed by atoms with Crippen molar-refractivity contribution in [2.45, 2.75) is 38.0 Å². The van der Waals surface area contributed by atoms with Crippen LogP contribution in [0.1, 0.15) is 24.8 Å². The fourth-order valence-electron chi connectivity index (χ4n) is 4.50. The molecule has 31 heavy (non-hydrogen) atoms. The third kappa shape index (κ3) is 3.83. The summed E-state index contributed by atoms with van der Waals surface area (Å²) in [6.07, 6.45) is 3.08. The van der Waals surface area contributed by atoms with Gasteiger partial charge in [-0.05, 0) is 76.8 Å². The Kier molecular flexibility index (Phi) is 5.02. The summed E-state index contributed by atoms with van der Waals surface area (Å²) in [4.78, 5) is 27.6. The topological polar surface area (TPSA) is 113 Å². The lowest BCUT2D eigenvalue weighted by atomic mass is 10.0. The summed E-state index contributed by atoms with van der Waals surface area (Å²) in [5, 5.41) is 25.1. The van der Waals surface area contributed by atoms with Gasteiger partial charge in [0.1, 0.15) is 12.4 Å². The molecule has 1 aromatic heterocycles. The first-order valence-corrected chi connectivity index (χ1v) is 10.8. The van der Waals surface area contributed by atoms with E-state index in [0.717, 1.165) is 24.8 Å². The number of amides is 2. The molecule has 5 rings (SSSR count). The normalized spacial score (nSPS) is 25.1. The maximum Gasteiger partial charge on any atom is 0.256 e. The maximum atomic E-state index is 13.1. The van der Waals surface area contributed by atoms with Gasteiger partial charge in [0, 0.05) is 18.1 Å². The van der Waals surface area contributed by atoms with Crippen molar-refractivity contribution in [3.8, 4) is 5.69 Å². The van der Waals surface area contributed by atoms with Gasteiger partial charge in [-0.3, -0.25) is 9.59 Å². The summed E-state index contributed by atoms with van der Waals surface area (Å²) >= 11 is 6.15. The average Bonchev–Trinajstić information content (AvgIpc) is 3.67. The number of nitrogens with zero attached hydrogens (tertiary/aromatic N) is 5. The first kappa shape index (κ1) is 20.1. The Morgan fingerprint density at radius 2 is 2.16 bits per heavy atom. The molecule has 2 heterocycles. The van der Waals surface area contributed by atoms with E-state index in [4.69, 9.17) is 11.6 Å². The molecule has 10 heteroatoms. The number of rotatable bonds is 7. The molecule has 9 nitrogen and oxygen atoms in total. The summed E-state index contributed by atoms with van der Waals surface area (Å²) < 4.78 is 1.50. The van der Waals surface area contributed by atoms with Gasteiger partial charge < -0.3 is 15.3 Å². The second kappa shape index (κ2) is 7.72. The zero-order valence-corrected chi connectivity index (χ0v) is 17.6. The Balaban J connectivity index is 1.29. The molecule has 1 aromatic carbocycles. The van der Waals surface area contributed by atoms with Gasteiger partial charge in [0.05, 0.1) is 5.69 Å². The van der Waals surface area contributed by atoms with Gasteiger partial charge in [-0.1, -0.05) is 18.2 Å². The van der Waals surface area contributed by atoms with E-state index < -0.39 is 18.1 Å². The van der Waals surface area contributed by atoms with Gasteiger partial charge >= 0.3 is 0 Å². The number of aromatic nitrogens is 4. The lowest BCUT2D eigenvalue weighted by Crippen LogP contribution is -2.51. The average molecular weight is 443 g/mol. The van der Waals surface area contributed by atoms with E-state index in [1.807, 2.05) is 0 Å². The summed E-state index contributed by atoms with van der Waals surface area (Å²) in [6.45, 7) is 4.61. The number of aliphatic hydroxyl groups excluding tert-OH is 1. The lowest BCUT2D eigenvalue weighted by Gasteiger charge is -2.29. The van der Waals surface area contributed by atoms with Crippen LogP contribution in [0.5, 0.6) is 0 Å². The number of halogens is 1. The number of tetrazole rings is 1. The molecule has 2 amide bonds. The Morgan fingerprint density at radius 1 is 1.35 bits per heavy atom. The number of likely N-dealkylation sites (tertiary alicyclic amines) is 1. The van der Waals surface area contributed by atoms with E-state index in [9.17, 15) is 14.7 Å². The maximum absolute atomic E-state index is 13.1.